The normalized spacial score (nSPS) is 20.5. The van der Waals surface area contributed by atoms with Crippen LogP contribution in [0.25, 0.3) is 0 Å². The van der Waals surface area contributed by atoms with Crippen molar-refractivity contribution in [2.75, 3.05) is 14.2 Å². The van der Waals surface area contributed by atoms with Crippen LogP contribution < -0.4 is 14.8 Å². The van der Waals surface area contributed by atoms with Gasteiger partial charge in [-0.15, -0.1) is 0 Å². The van der Waals surface area contributed by atoms with Crippen molar-refractivity contribution >= 4 is 11.8 Å². The maximum absolute atomic E-state index is 12.8. The van der Waals surface area contributed by atoms with Crippen molar-refractivity contribution < 1.29 is 28.2 Å². The molecule has 2 heterocycles. The minimum Gasteiger partial charge on any atom is -0.497 e. The molecule has 1 N–H and O–H groups in total. The summed E-state index contributed by atoms with van der Waals surface area (Å²) < 4.78 is 22.0. The number of benzene rings is 1. The van der Waals surface area contributed by atoms with Crippen molar-refractivity contribution in [2.24, 2.45) is 5.92 Å². The number of nitrogens with one attached hydrogen (secondary N) is 1. The maximum atomic E-state index is 12.8. The summed E-state index contributed by atoms with van der Waals surface area (Å²) in [6.07, 6.45) is 3.14. The number of ether oxygens (including phenoxy) is 3. The van der Waals surface area contributed by atoms with Gasteiger partial charge in [0.05, 0.1) is 31.6 Å². The molecule has 7 heteroatoms. The average Bonchev–Trinajstić information content (AvgIpc) is 3.25. The highest BCUT2D eigenvalue weighted by Gasteiger charge is 2.44. The fourth-order valence-corrected chi connectivity index (χ4v) is 4.17. The van der Waals surface area contributed by atoms with E-state index in [2.05, 4.69) is 5.32 Å². The Bertz CT molecular complexity index is 1050. The molecule has 1 aliphatic heterocycles. The van der Waals surface area contributed by atoms with Crippen molar-refractivity contribution in [2.45, 2.75) is 32.3 Å². The van der Waals surface area contributed by atoms with E-state index in [1.165, 1.54) is 7.11 Å². The average molecular weight is 423 g/mol. The molecule has 2 aliphatic rings. The molecule has 162 valence electrons. The fraction of sp³-hybridized carbons (Fsp3) is 0.333. The smallest absolute Gasteiger partial charge is 0.336 e. The van der Waals surface area contributed by atoms with E-state index in [0.717, 1.165) is 11.4 Å². The quantitative estimate of drug-likeness (QED) is 0.706. The number of methoxy groups -OCH3 is 2. The molecule has 2 atom stereocenters. The highest BCUT2D eigenvalue weighted by atomic mass is 16.5. The number of rotatable bonds is 6. The van der Waals surface area contributed by atoms with Gasteiger partial charge >= 0.3 is 5.97 Å². The lowest BCUT2D eigenvalue weighted by Crippen LogP contribution is -2.40. The Morgan fingerprint density at radius 3 is 2.55 bits per heavy atom. The van der Waals surface area contributed by atoms with Crippen LogP contribution in [0, 0.1) is 5.92 Å². The standard InChI is InChI=1S/C24H25NO6/c1-14-21(24(27)29-3)23(22-18(25-14)5-4-6-19(22)26)20-12-11-17(31-20)13-30-16-9-7-15(28-2)8-10-16/h5,7-12,22-23,25H,4,6,13H2,1-3H3. The number of Topliss-reactive ketones (excluding diaryl/α,β-unsaturated/α-hetero) is 1. The second-order valence-corrected chi connectivity index (χ2v) is 7.54. The zero-order valence-corrected chi connectivity index (χ0v) is 17.8. The summed E-state index contributed by atoms with van der Waals surface area (Å²) in [6.45, 7) is 2.03. The number of hydrogen-bond donors (Lipinski definition) is 1. The first-order chi connectivity index (χ1) is 15.0. The topological polar surface area (TPSA) is 87.0 Å². The first-order valence-electron chi connectivity index (χ1n) is 10.2. The van der Waals surface area contributed by atoms with Crippen LogP contribution in [-0.2, 0) is 20.9 Å². The summed E-state index contributed by atoms with van der Waals surface area (Å²) in [5.41, 5.74) is 1.90. The van der Waals surface area contributed by atoms with Gasteiger partial charge in [-0.2, -0.15) is 0 Å². The van der Waals surface area contributed by atoms with Crippen LogP contribution in [0.2, 0.25) is 0 Å². The molecule has 31 heavy (non-hydrogen) atoms. The summed E-state index contributed by atoms with van der Waals surface area (Å²) in [7, 11) is 2.95. The molecule has 4 rings (SSSR count). The van der Waals surface area contributed by atoms with E-state index in [1.54, 1.807) is 13.2 Å². The van der Waals surface area contributed by atoms with E-state index in [0.29, 0.717) is 41.4 Å². The van der Waals surface area contributed by atoms with Crippen molar-refractivity contribution in [3.63, 3.8) is 0 Å². The van der Waals surface area contributed by atoms with Crippen molar-refractivity contribution in [1.82, 2.24) is 5.32 Å². The highest BCUT2D eigenvalue weighted by Crippen LogP contribution is 2.44. The van der Waals surface area contributed by atoms with Crippen LogP contribution >= 0.6 is 0 Å². The number of ketones is 1. The Morgan fingerprint density at radius 1 is 1.10 bits per heavy atom. The van der Waals surface area contributed by atoms with E-state index in [4.69, 9.17) is 18.6 Å². The van der Waals surface area contributed by atoms with Gasteiger partial charge in [-0.25, -0.2) is 4.79 Å². The molecule has 1 aliphatic carbocycles. The van der Waals surface area contributed by atoms with Gasteiger partial charge in [0.15, 0.2) is 0 Å². The Labute approximate surface area is 180 Å². The van der Waals surface area contributed by atoms with E-state index in [-0.39, 0.29) is 12.4 Å². The SMILES string of the molecule is COC(=O)C1=C(C)NC2=CCCC(=O)C2C1c1ccc(COc2ccc(OC)cc2)o1. The van der Waals surface area contributed by atoms with Gasteiger partial charge in [0.1, 0.15) is 35.4 Å². The number of carbonyl (C=O) groups excluding carboxylic acids is 2. The van der Waals surface area contributed by atoms with Crippen LogP contribution in [-0.4, -0.2) is 26.0 Å². The first-order valence-corrected chi connectivity index (χ1v) is 10.2. The highest BCUT2D eigenvalue weighted by molar-refractivity contribution is 5.95. The minimum absolute atomic E-state index is 0.0799. The summed E-state index contributed by atoms with van der Waals surface area (Å²) in [5.74, 6) is 1.14. The Morgan fingerprint density at radius 2 is 1.84 bits per heavy atom. The van der Waals surface area contributed by atoms with Gasteiger partial charge in [-0.1, -0.05) is 6.08 Å². The van der Waals surface area contributed by atoms with Gasteiger partial charge in [0.25, 0.3) is 0 Å². The van der Waals surface area contributed by atoms with Crippen LogP contribution in [0.15, 0.2) is 63.9 Å². The molecule has 0 radical (unpaired) electrons. The monoisotopic (exact) mass is 423 g/mol. The van der Waals surface area contributed by atoms with E-state index >= 15 is 0 Å². The van der Waals surface area contributed by atoms with E-state index in [9.17, 15) is 9.59 Å². The second kappa shape index (κ2) is 8.71. The lowest BCUT2D eigenvalue weighted by Gasteiger charge is -2.36. The summed E-state index contributed by atoms with van der Waals surface area (Å²) >= 11 is 0. The Balaban J connectivity index is 1.61. The fourth-order valence-electron chi connectivity index (χ4n) is 4.17. The van der Waals surface area contributed by atoms with Crippen LogP contribution in [0.4, 0.5) is 0 Å². The van der Waals surface area contributed by atoms with Crippen LogP contribution in [0.3, 0.4) is 0 Å². The Hall–Kier alpha value is -3.48. The summed E-state index contributed by atoms with van der Waals surface area (Å²) in [6, 6.07) is 10.9. The molecule has 0 saturated carbocycles. The molecule has 0 saturated heterocycles. The lowest BCUT2D eigenvalue weighted by molar-refractivity contribution is -0.137. The summed E-state index contributed by atoms with van der Waals surface area (Å²) in [4.78, 5) is 25.4. The number of carbonyl (C=O) groups is 2. The largest absolute Gasteiger partial charge is 0.497 e. The molecular weight excluding hydrogens is 398 g/mol. The van der Waals surface area contributed by atoms with Crippen LogP contribution in [0.1, 0.15) is 37.2 Å². The molecule has 2 unspecified atom stereocenters. The third-order valence-corrected chi connectivity index (χ3v) is 5.65. The third kappa shape index (κ3) is 4.08. The van der Waals surface area contributed by atoms with Gasteiger partial charge in [0, 0.05) is 17.8 Å². The maximum Gasteiger partial charge on any atom is 0.336 e. The zero-order chi connectivity index (χ0) is 22.0. The van der Waals surface area contributed by atoms with Gasteiger partial charge < -0.3 is 23.9 Å². The minimum atomic E-state index is -0.539. The van der Waals surface area contributed by atoms with Crippen molar-refractivity contribution in [1.29, 1.82) is 0 Å². The van der Waals surface area contributed by atoms with E-state index in [1.807, 2.05) is 43.3 Å². The summed E-state index contributed by atoms with van der Waals surface area (Å²) in [5, 5.41) is 3.22. The van der Waals surface area contributed by atoms with Gasteiger partial charge in [-0.3, -0.25) is 4.79 Å². The Kier molecular flexibility index (Phi) is 5.84. The third-order valence-electron chi connectivity index (χ3n) is 5.65. The lowest BCUT2D eigenvalue weighted by atomic mass is 9.73. The zero-order valence-electron chi connectivity index (χ0n) is 17.8. The van der Waals surface area contributed by atoms with Gasteiger partial charge in [-0.05, 0) is 49.7 Å². The molecule has 0 bridgehead atoms. The van der Waals surface area contributed by atoms with Crippen molar-refractivity contribution in [3.8, 4) is 11.5 Å². The number of esters is 1. The molecule has 2 aromatic rings. The van der Waals surface area contributed by atoms with Crippen molar-refractivity contribution in [3.05, 3.63) is 71.0 Å². The number of allylic oxidation sites excluding steroid dienone is 3. The second-order valence-electron chi connectivity index (χ2n) is 7.54. The number of hydrogen-bond acceptors (Lipinski definition) is 7. The molecular formula is C24H25NO6. The molecule has 0 amide bonds. The molecule has 0 fully saturated rings. The van der Waals surface area contributed by atoms with Gasteiger partial charge in [0.2, 0.25) is 0 Å². The molecule has 0 spiro atoms. The number of furan rings is 1. The van der Waals surface area contributed by atoms with E-state index < -0.39 is 17.8 Å². The predicted octanol–water partition coefficient (Wildman–Crippen LogP) is 3.86. The predicted molar refractivity (Wildman–Crippen MR) is 112 cm³/mol. The molecule has 1 aromatic carbocycles. The number of fused-ring (bicyclic) bond motifs is 1. The molecule has 1 aromatic heterocycles. The van der Waals surface area contributed by atoms with Crippen LogP contribution in [0.5, 0.6) is 11.5 Å². The molecule has 7 nitrogen and oxygen atoms in total. The first kappa shape index (κ1) is 20.8.